The Balaban J connectivity index is 1.60. The zero-order chi connectivity index (χ0) is 23.5. The molecule has 0 saturated heterocycles. The van der Waals surface area contributed by atoms with Crippen molar-refractivity contribution in [3.63, 3.8) is 0 Å². The number of amides is 1. The van der Waals surface area contributed by atoms with E-state index in [1.54, 1.807) is 30.3 Å². The molecule has 4 rings (SSSR count). The number of fused-ring (bicyclic) bond motifs is 1. The van der Waals surface area contributed by atoms with Crippen molar-refractivity contribution in [2.45, 2.75) is 25.7 Å². The third-order valence-electron chi connectivity index (χ3n) is 5.26. The van der Waals surface area contributed by atoms with Crippen molar-refractivity contribution in [2.24, 2.45) is 0 Å². The number of benzene rings is 1. The smallest absolute Gasteiger partial charge is 0.341 e. The molecular weight excluding hydrogens is 483 g/mol. The number of nitrogens with one attached hydrogen (secondary N) is 1. The monoisotopic (exact) mass is 500 g/mol. The Morgan fingerprint density at radius 2 is 2.00 bits per heavy atom. The fraction of sp³-hybridized carbons (Fsp3) is 0.208. The van der Waals surface area contributed by atoms with Gasteiger partial charge >= 0.3 is 5.97 Å². The van der Waals surface area contributed by atoms with E-state index in [0.717, 1.165) is 36.1 Å². The van der Waals surface area contributed by atoms with Crippen molar-refractivity contribution in [3.8, 4) is 17.4 Å². The van der Waals surface area contributed by atoms with Crippen LogP contribution in [0.25, 0.3) is 17.4 Å². The van der Waals surface area contributed by atoms with Gasteiger partial charge in [-0.2, -0.15) is 5.26 Å². The van der Waals surface area contributed by atoms with Gasteiger partial charge in [-0.1, -0.05) is 23.2 Å². The van der Waals surface area contributed by atoms with Crippen LogP contribution < -0.4 is 5.32 Å². The number of hydrogen-bond donors (Lipinski definition) is 1. The van der Waals surface area contributed by atoms with Gasteiger partial charge in [0.05, 0.1) is 17.7 Å². The molecule has 2 aromatic heterocycles. The van der Waals surface area contributed by atoms with Gasteiger partial charge in [0.2, 0.25) is 0 Å². The van der Waals surface area contributed by atoms with Crippen LogP contribution in [-0.4, -0.2) is 19.0 Å². The van der Waals surface area contributed by atoms with E-state index >= 15 is 0 Å². The molecule has 3 aromatic rings. The molecule has 0 spiro atoms. The summed E-state index contributed by atoms with van der Waals surface area (Å²) in [5.74, 6) is -0.354. The summed E-state index contributed by atoms with van der Waals surface area (Å²) in [5.41, 5.74) is 1.77. The van der Waals surface area contributed by atoms with Crippen LogP contribution in [0, 0.1) is 11.3 Å². The Hall–Kier alpha value is -3.05. The summed E-state index contributed by atoms with van der Waals surface area (Å²) in [6.07, 6.45) is 4.96. The standard InChI is InChI=1S/C24H18Cl2N2O4S/c1-31-24(30)21-17-4-2-3-5-20(17)33-23(21)28-22(29)13(12-27)10-15-7-9-19(32-15)16-8-6-14(25)11-18(16)26/h6-11H,2-5H2,1H3,(H,28,29). The molecule has 1 amide bonds. The Kier molecular flexibility index (Phi) is 6.89. The number of nitrogens with zero attached hydrogens (tertiary/aromatic N) is 1. The molecular formula is C24H18Cl2N2O4S. The van der Waals surface area contributed by atoms with Crippen LogP contribution in [0.1, 0.15) is 39.4 Å². The van der Waals surface area contributed by atoms with Gasteiger partial charge in [-0.15, -0.1) is 11.3 Å². The van der Waals surface area contributed by atoms with Gasteiger partial charge < -0.3 is 14.5 Å². The molecule has 2 heterocycles. The lowest BCUT2D eigenvalue weighted by molar-refractivity contribution is -0.112. The minimum absolute atomic E-state index is 0.166. The fourth-order valence-corrected chi connectivity index (χ4v) is 5.47. The molecule has 1 N–H and O–H groups in total. The number of anilines is 1. The van der Waals surface area contributed by atoms with E-state index in [9.17, 15) is 14.9 Å². The molecule has 0 bridgehead atoms. The summed E-state index contributed by atoms with van der Waals surface area (Å²) in [7, 11) is 1.31. The second-order valence-corrected chi connectivity index (χ2v) is 9.31. The lowest BCUT2D eigenvalue weighted by Gasteiger charge is -2.11. The van der Waals surface area contributed by atoms with Crippen LogP contribution in [0.15, 0.2) is 40.3 Å². The molecule has 0 fully saturated rings. The lowest BCUT2D eigenvalue weighted by atomic mass is 9.95. The van der Waals surface area contributed by atoms with Crippen molar-refractivity contribution in [1.82, 2.24) is 0 Å². The number of thiophene rings is 1. The number of furan rings is 1. The number of esters is 1. The molecule has 0 aliphatic heterocycles. The molecule has 1 aliphatic rings. The number of rotatable bonds is 5. The first-order valence-corrected chi connectivity index (χ1v) is 11.7. The largest absolute Gasteiger partial charge is 0.465 e. The average molecular weight is 501 g/mol. The molecule has 9 heteroatoms. The van der Waals surface area contributed by atoms with Crippen LogP contribution in [0.2, 0.25) is 10.0 Å². The van der Waals surface area contributed by atoms with Crippen LogP contribution in [0.4, 0.5) is 5.00 Å². The van der Waals surface area contributed by atoms with Crippen LogP contribution >= 0.6 is 34.5 Å². The van der Waals surface area contributed by atoms with Crippen LogP contribution in [-0.2, 0) is 22.4 Å². The molecule has 0 unspecified atom stereocenters. The minimum atomic E-state index is -0.635. The summed E-state index contributed by atoms with van der Waals surface area (Å²) in [5, 5.41) is 13.6. The fourth-order valence-electron chi connectivity index (χ4n) is 3.70. The number of ether oxygens (including phenoxy) is 1. The highest BCUT2D eigenvalue weighted by Crippen LogP contribution is 2.39. The molecule has 0 atom stereocenters. The first-order chi connectivity index (χ1) is 15.9. The van der Waals surface area contributed by atoms with Gasteiger partial charge in [0, 0.05) is 21.5 Å². The second-order valence-electron chi connectivity index (χ2n) is 7.36. The molecule has 0 saturated carbocycles. The quantitative estimate of drug-likeness (QED) is 0.244. The molecule has 0 radical (unpaired) electrons. The van der Waals surface area contributed by atoms with E-state index in [1.807, 2.05) is 6.07 Å². The molecule has 168 valence electrons. The lowest BCUT2D eigenvalue weighted by Crippen LogP contribution is -2.16. The Bertz CT molecular complexity index is 1320. The maximum Gasteiger partial charge on any atom is 0.341 e. The zero-order valence-corrected chi connectivity index (χ0v) is 19.9. The first-order valence-electron chi connectivity index (χ1n) is 10.1. The summed E-state index contributed by atoms with van der Waals surface area (Å²) in [6.45, 7) is 0. The summed E-state index contributed by atoms with van der Waals surface area (Å²) < 4.78 is 10.7. The average Bonchev–Trinajstić information content (AvgIpc) is 3.41. The minimum Gasteiger partial charge on any atom is -0.465 e. The Labute approximate surface area is 204 Å². The van der Waals surface area contributed by atoms with E-state index in [0.29, 0.717) is 37.7 Å². The maximum absolute atomic E-state index is 12.9. The van der Waals surface area contributed by atoms with E-state index in [4.69, 9.17) is 32.4 Å². The van der Waals surface area contributed by atoms with Gasteiger partial charge in [0.1, 0.15) is 28.2 Å². The highest BCUT2D eigenvalue weighted by atomic mass is 35.5. The summed E-state index contributed by atoms with van der Waals surface area (Å²) in [6, 6.07) is 10.2. The summed E-state index contributed by atoms with van der Waals surface area (Å²) in [4.78, 5) is 26.3. The van der Waals surface area contributed by atoms with Gasteiger partial charge in [-0.25, -0.2) is 4.79 Å². The second kappa shape index (κ2) is 9.84. The van der Waals surface area contributed by atoms with E-state index in [1.165, 1.54) is 24.5 Å². The number of nitriles is 1. The van der Waals surface area contributed by atoms with Crippen molar-refractivity contribution in [3.05, 3.63) is 67.7 Å². The van der Waals surface area contributed by atoms with E-state index in [-0.39, 0.29) is 5.57 Å². The first kappa shape index (κ1) is 23.1. The van der Waals surface area contributed by atoms with Gasteiger partial charge in [0.15, 0.2) is 0 Å². The topological polar surface area (TPSA) is 92.3 Å². The number of hydrogen-bond acceptors (Lipinski definition) is 6. The van der Waals surface area contributed by atoms with Crippen molar-refractivity contribution in [2.75, 3.05) is 12.4 Å². The van der Waals surface area contributed by atoms with E-state index in [2.05, 4.69) is 5.32 Å². The summed E-state index contributed by atoms with van der Waals surface area (Å²) >= 11 is 13.5. The molecule has 33 heavy (non-hydrogen) atoms. The molecule has 6 nitrogen and oxygen atoms in total. The highest BCUT2D eigenvalue weighted by molar-refractivity contribution is 7.17. The number of carbonyl (C=O) groups is 2. The zero-order valence-electron chi connectivity index (χ0n) is 17.5. The molecule has 1 aliphatic carbocycles. The van der Waals surface area contributed by atoms with Gasteiger partial charge in [0.25, 0.3) is 5.91 Å². The number of aryl methyl sites for hydroxylation is 1. The van der Waals surface area contributed by atoms with E-state index < -0.39 is 11.9 Å². The van der Waals surface area contributed by atoms with Crippen LogP contribution in [0.5, 0.6) is 0 Å². The Morgan fingerprint density at radius 3 is 2.73 bits per heavy atom. The predicted octanol–water partition coefficient (Wildman–Crippen LogP) is 6.53. The van der Waals surface area contributed by atoms with Crippen LogP contribution in [0.3, 0.4) is 0 Å². The third-order valence-corrected chi connectivity index (χ3v) is 7.02. The number of carbonyl (C=O) groups excluding carboxylic acids is 2. The third kappa shape index (κ3) is 4.83. The predicted molar refractivity (Wildman–Crippen MR) is 129 cm³/mol. The van der Waals surface area contributed by atoms with Gasteiger partial charge in [-0.3, -0.25) is 4.79 Å². The maximum atomic E-state index is 12.9. The van der Waals surface area contributed by atoms with Gasteiger partial charge in [-0.05, 0) is 61.6 Å². The number of methoxy groups -OCH3 is 1. The normalized spacial score (nSPS) is 13.2. The van der Waals surface area contributed by atoms with Crippen molar-refractivity contribution in [1.29, 1.82) is 5.26 Å². The molecule has 1 aromatic carbocycles. The van der Waals surface area contributed by atoms with Crippen molar-refractivity contribution < 1.29 is 18.7 Å². The number of halogens is 2. The van der Waals surface area contributed by atoms with Crippen molar-refractivity contribution >= 4 is 57.5 Å². The highest BCUT2D eigenvalue weighted by Gasteiger charge is 2.27. The SMILES string of the molecule is COC(=O)c1c(NC(=O)C(C#N)=Cc2ccc(-c3ccc(Cl)cc3Cl)o2)sc2c1CCCC2. The Morgan fingerprint density at radius 1 is 1.21 bits per heavy atom.